The summed E-state index contributed by atoms with van der Waals surface area (Å²) in [5.41, 5.74) is 3.46. The number of aliphatic hydroxyl groups is 1. The first-order valence-electron chi connectivity index (χ1n) is 8.01. The predicted molar refractivity (Wildman–Crippen MR) is 99.6 cm³/mol. The molecule has 0 bridgehead atoms. The van der Waals surface area contributed by atoms with E-state index in [0.29, 0.717) is 24.7 Å². The van der Waals surface area contributed by atoms with Gasteiger partial charge < -0.3 is 19.9 Å². The van der Waals surface area contributed by atoms with Crippen LogP contribution in [0, 0.1) is 6.92 Å². The lowest BCUT2D eigenvalue weighted by atomic mass is 10.1. The molecule has 4 nitrogen and oxygen atoms in total. The first-order chi connectivity index (χ1) is 11.7. The lowest BCUT2D eigenvalue weighted by molar-refractivity contribution is 0.283. The van der Waals surface area contributed by atoms with Gasteiger partial charge in [0.05, 0.1) is 7.11 Å². The molecular formula is C19H24BrNO3. The fraction of sp³-hybridized carbons (Fsp3) is 0.368. The summed E-state index contributed by atoms with van der Waals surface area (Å²) in [7, 11) is 1.65. The number of benzene rings is 2. The number of aliphatic hydroxyl groups excluding tert-OH is 1. The molecule has 0 radical (unpaired) electrons. The number of nitrogens with one attached hydrogen (secondary N) is 1. The second-order valence-corrected chi connectivity index (χ2v) is 6.42. The lowest BCUT2D eigenvalue weighted by Crippen LogP contribution is -2.16. The van der Waals surface area contributed by atoms with E-state index in [4.69, 9.17) is 14.6 Å². The highest BCUT2D eigenvalue weighted by atomic mass is 79.9. The van der Waals surface area contributed by atoms with E-state index in [1.54, 1.807) is 7.11 Å². The number of methoxy groups -OCH3 is 1. The molecule has 2 rings (SSSR count). The molecule has 0 aliphatic heterocycles. The van der Waals surface area contributed by atoms with E-state index in [0.717, 1.165) is 28.6 Å². The van der Waals surface area contributed by atoms with Gasteiger partial charge in [0, 0.05) is 17.6 Å². The van der Waals surface area contributed by atoms with Crippen LogP contribution in [0.25, 0.3) is 0 Å². The molecule has 0 amide bonds. The maximum Gasteiger partial charge on any atom is 0.162 e. The molecular weight excluding hydrogens is 370 g/mol. The molecule has 2 aromatic carbocycles. The van der Waals surface area contributed by atoms with Crippen LogP contribution in [0.3, 0.4) is 0 Å². The molecule has 0 unspecified atom stereocenters. The molecule has 0 saturated heterocycles. The van der Waals surface area contributed by atoms with Crippen LogP contribution in [0.4, 0.5) is 0 Å². The van der Waals surface area contributed by atoms with E-state index in [2.05, 4.69) is 40.3 Å². The van der Waals surface area contributed by atoms with E-state index in [1.165, 1.54) is 5.56 Å². The van der Waals surface area contributed by atoms with E-state index < -0.39 is 0 Å². The number of hydrogen-bond donors (Lipinski definition) is 2. The Morgan fingerprint density at radius 1 is 1.12 bits per heavy atom. The highest BCUT2D eigenvalue weighted by molar-refractivity contribution is 9.10. The average Bonchev–Trinajstić information content (AvgIpc) is 2.59. The van der Waals surface area contributed by atoms with Gasteiger partial charge in [0.25, 0.3) is 0 Å². The molecule has 0 aliphatic carbocycles. The summed E-state index contributed by atoms with van der Waals surface area (Å²) in [5, 5.41) is 12.1. The molecule has 0 fully saturated rings. The fourth-order valence-electron chi connectivity index (χ4n) is 2.34. The highest BCUT2D eigenvalue weighted by Gasteiger charge is 2.11. The smallest absolute Gasteiger partial charge is 0.162 e. The van der Waals surface area contributed by atoms with Gasteiger partial charge in [-0.15, -0.1) is 0 Å². The number of ether oxygens (including phenoxy) is 2. The molecule has 0 atom stereocenters. The standard InChI is InChI=1S/C19H24BrNO3/c1-14-6-3-4-7-15(14)13-24-19-11-17(20)16(10-18(19)23-2)12-21-8-5-9-22/h3-4,6-7,10-11,21-22H,5,8-9,12-13H2,1-2H3. The maximum atomic E-state index is 8.82. The van der Waals surface area contributed by atoms with Gasteiger partial charge in [-0.2, -0.15) is 0 Å². The largest absolute Gasteiger partial charge is 0.493 e. The predicted octanol–water partition coefficient (Wildman–Crippen LogP) is 3.82. The minimum absolute atomic E-state index is 0.198. The van der Waals surface area contributed by atoms with E-state index in [1.807, 2.05) is 24.3 Å². The molecule has 2 N–H and O–H groups in total. The maximum absolute atomic E-state index is 8.82. The van der Waals surface area contributed by atoms with Crippen molar-refractivity contribution < 1.29 is 14.6 Å². The Balaban J connectivity index is 2.07. The SMILES string of the molecule is COc1cc(CNCCCO)c(Br)cc1OCc1ccccc1C. The van der Waals surface area contributed by atoms with Crippen molar-refractivity contribution in [1.82, 2.24) is 5.32 Å². The summed E-state index contributed by atoms with van der Waals surface area (Å²) in [6.07, 6.45) is 0.742. The second-order valence-electron chi connectivity index (χ2n) is 5.56. The Morgan fingerprint density at radius 2 is 1.92 bits per heavy atom. The molecule has 0 heterocycles. The van der Waals surface area contributed by atoms with Crippen molar-refractivity contribution in [2.45, 2.75) is 26.5 Å². The monoisotopic (exact) mass is 393 g/mol. The van der Waals surface area contributed by atoms with Gasteiger partial charge in [0.15, 0.2) is 11.5 Å². The zero-order valence-corrected chi connectivity index (χ0v) is 15.7. The van der Waals surface area contributed by atoms with E-state index >= 15 is 0 Å². The van der Waals surface area contributed by atoms with Crippen LogP contribution in [0.1, 0.15) is 23.1 Å². The summed E-state index contributed by atoms with van der Waals surface area (Å²) >= 11 is 3.60. The summed E-state index contributed by atoms with van der Waals surface area (Å²) in [6.45, 7) is 4.26. The number of aryl methyl sites for hydroxylation is 1. The number of hydrogen-bond acceptors (Lipinski definition) is 4. The normalized spacial score (nSPS) is 10.7. The third kappa shape index (κ3) is 5.23. The van der Waals surface area contributed by atoms with Crippen molar-refractivity contribution in [2.75, 3.05) is 20.3 Å². The van der Waals surface area contributed by atoms with Gasteiger partial charge in [0.2, 0.25) is 0 Å². The molecule has 0 aromatic heterocycles. The fourth-order valence-corrected chi connectivity index (χ4v) is 2.80. The zero-order chi connectivity index (χ0) is 17.4. The van der Waals surface area contributed by atoms with Crippen LogP contribution in [-0.4, -0.2) is 25.4 Å². The van der Waals surface area contributed by atoms with Gasteiger partial charge in [-0.25, -0.2) is 0 Å². The molecule has 2 aromatic rings. The van der Waals surface area contributed by atoms with Gasteiger partial charge in [-0.1, -0.05) is 40.2 Å². The Hall–Kier alpha value is -1.56. The van der Waals surface area contributed by atoms with Crippen LogP contribution in [0.5, 0.6) is 11.5 Å². The molecule has 5 heteroatoms. The third-order valence-corrected chi connectivity index (χ3v) is 4.54. The van der Waals surface area contributed by atoms with Crippen LogP contribution >= 0.6 is 15.9 Å². The first kappa shape index (κ1) is 18.8. The molecule has 0 spiro atoms. The van der Waals surface area contributed by atoms with Crippen molar-refractivity contribution in [1.29, 1.82) is 0 Å². The summed E-state index contributed by atoms with van der Waals surface area (Å²) in [6, 6.07) is 12.1. The minimum atomic E-state index is 0.198. The topological polar surface area (TPSA) is 50.7 Å². The molecule has 24 heavy (non-hydrogen) atoms. The average molecular weight is 394 g/mol. The number of rotatable bonds is 9. The van der Waals surface area contributed by atoms with Crippen molar-refractivity contribution in [3.05, 3.63) is 57.6 Å². The van der Waals surface area contributed by atoms with Crippen molar-refractivity contribution in [3.63, 3.8) is 0 Å². The Morgan fingerprint density at radius 3 is 2.62 bits per heavy atom. The Kier molecular flexibility index (Phi) is 7.56. The van der Waals surface area contributed by atoms with E-state index in [-0.39, 0.29) is 6.61 Å². The Labute approximate surface area is 151 Å². The number of halogens is 1. The summed E-state index contributed by atoms with van der Waals surface area (Å²) in [5.74, 6) is 1.43. The van der Waals surface area contributed by atoms with Crippen molar-refractivity contribution in [2.24, 2.45) is 0 Å². The van der Waals surface area contributed by atoms with Crippen LogP contribution < -0.4 is 14.8 Å². The first-order valence-corrected chi connectivity index (χ1v) is 8.80. The van der Waals surface area contributed by atoms with Gasteiger partial charge >= 0.3 is 0 Å². The molecule has 0 saturated carbocycles. The Bertz CT molecular complexity index is 661. The zero-order valence-electron chi connectivity index (χ0n) is 14.1. The quantitative estimate of drug-likeness (QED) is 0.635. The van der Waals surface area contributed by atoms with Gasteiger partial charge in [-0.3, -0.25) is 0 Å². The van der Waals surface area contributed by atoms with Gasteiger partial charge in [0.1, 0.15) is 6.61 Å². The lowest BCUT2D eigenvalue weighted by Gasteiger charge is -2.15. The summed E-state index contributed by atoms with van der Waals surface area (Å²) < 4.78 is 12.4. The summed E-state index contributed by atoms with van der Waals surface area (Å²) in [4.78, 5) is 0. The minimum Gasteiger partial charge on any atom is -0.493 e. The third-order valence-electron chi connectivity index (χ3n) is 3.80. The van der Waals surface area contributed by atoms with Crippen LogP contribution in [0.2, 0.25) is 0 Å². The van der Waals surface area contributed by atoms with Crippen LogP contribution in [0.15, 0.2) is 40.9 Å². The van der Waals surface area contributed by atoms with Crippen molar-refractivity contribution >= 4 is 15.9 Å². The van der Waals surface area contributed by atoms with E-state index in [9.17, 15) is 0 Å². The highest BCUT2D eigenvalue weighted by Crippen LogP contribution is 2.34. The molecule has 0 aliphatic rings. The van der Waals surface area contributed by atoms with Crippen molar-refractivity contribution in [3.8, 4) is 11.5 Å². The van der Waals surface area contributed by atoms with Gasteiger partial charge in [-0.05, 0) is 48.7 Å². The second kappa shape index (κ2) is 9.67. The van der Waals surface area contributed by atoms with Crippen LogP contribution in [-0.2, 0) is 13.2 Å². The molecule has 130 valence electrons.